The van der Waals surface area contributed by atoms with E-state index in [0.717, 1.165) is 37.2 Å². The maximum absolute atomic E-state index is 11.9. The molecule has 1 aromatic rings. The van der Waals surface area contributed by atoms with E-state index in [-0.39, 0.29) is 5.91 Å². The molecule has 1 saturated heterocycles. The van der Waals surface area contributed by atoms with Gasteiger partial charge in [-0.15, -0.1) is 0 Å². The van der Waals surface area contributed by atoms with Gasteiger partial charge in [0.05, 0.1) is 7.11 Å². The Morgan fingerprint density at radius 1 is 1.33 bits per heavy atom. The predicted molar refractivity (Wildman–Crippen MR) is 84.5 cm³/mol. The van der Waals surface area contributed by atoms with Crippen LogP contribution in [0.4, 0.5) is 0 Å². The molecule has 0 aromatic heterocycles. The first-order valence-electron chi connectivity index (χ1n) is 7.89. The van der Waals surface area contributed by atoms with Crippen LogP contribution in [0.3, 0.4) is 0 Å². The summed E-state index contributed by atoms with van der Waals surface area (Å²) in [6.45, 7) is 2.87. The van der Waals surface area contributed by atoms with Crippen molar-refractivity contribution in [2.24, 2.45) is 5.92 Å². The molecule has 21 heavy (non-hydrogen) atoms. The van der Waals surface area contributed by atoms with E-state index in [1.54, 1.807) is 7.11 Å². The van der Waals surface area contributed by atoms with Crippen molar-refractivity contribution in [3.05, 3.63) is 29.8 Å². The molecule has 1 amide bonds. The SMILES string of the molecule is COc1ccccc1CCNC(=O)CCC1CCNCC1. The number of amides is 1. The lowest BCUT2D eigenvalue weighted by Gasteiger charge is -2.22. The van der Waals surface area contributed by atoms with Crippen LogP contribution < -0.4 is 15.4 Å². The van der Waals surface area contributed by atoms with Crippen LogP contribution in [-0.2, 0) is 11.2 Å². The quantitative estimate of drug-likeness (QED) is 0.809. The van der Waals surface area contributed by atoms with Gasteiger partial charge < -0.3 is 15.4 Å². The third kappa shape index (κ3) is 5.38. The smallest absolute Gasteiger partial charge is 0.220 e. The fourth-order valence-electron chi connectivity index (χ4n) is 2.84. The summed E-state index contributed by atoms with van der Waals surface area (Å²) in [6.07, 6.45) is 4.88. The number of rotatable bonds is 7. The second-order valence-electron chi connectivity index (χ2n) is 5.64. The van der Waals surface area contributed by atoms with Gasteiger partial charge in [-0.05, 0) is 56.3 Å². The van der Waals surface area contributed by atoms with E-state index < -0.39 is 0 Å². The lowest BCUT2D eigenvalue weighted by atomic mass is 9.93. The molecule has 2 N–H and O–H groups in total. The molecule has 2 rings (SSSR count). The standard InChI is InChI=1S/C17H26N2O2/c1-21-16-5-3-2-4-15(16)10-13-19-17(20)7-6-14-8-11-18-12-9-14/h2-5,14,18H,6-13H2,1H3,(H,19,20). The molecule has 1 heterocycles. The van der Waals surface area contributed by atoms with Crippen LogP contribution in [0, 0.1) is 5.92 Å². The van der Waals surface area contributed by atoms with Crippen molar-refractivity contribution in [1.82, 2.24) is 10.6 Å². The van der Waals surface area contributed by atoms with Crippen LogP contribution in [0.15, 0.2) is 24.3 Å². The minimum absolute atomic E-state index is 0.170. The largest absolute Gasteiger partial charge is 0.496 e. The van der Waals surface area contributed by atoms with Crippen molar-refractivity contribution in [2.75, 3.05) is 26.7 Å². The highest BCUT2D eigenvalue weighted by Gasteiger charge is 2.14. The topological polar surface area (TPSA) is 50.4 Å². The molecular weight excluding hydrogens is 264 g/mol. The third-order valence-corrected chi connectivity index (χ3v) is 4.15. The Labute approximate surface area is 127 Å². The monoisotopic (exact) mass is 290 g/mol. The van der Waals surface area contributed by atoms with E-state index >= 15 is 0 Å². The van der Waals surface area contributed by atoms with Crippen molar-refractivity contribution in [3.63, 3.8) is 0 Å². The van der Waals surface area contributed by atoms with Crippen molar-refractivity contribution in [1.29, 1.82) is 0 Å². The zero-order chi connectivity index (χ0) is 14.9. The Morgan fingerprint density at radius 3 is 2.86 bits per heavy atom. The summed E-state index contributed by atoms with van der Waals surface area (Å²) in [5, 5.41) is 6.37. The Bertz CT molecular complexity index is 442. The average Bonchev–Trinajstić information content (AvgIpc) is 2.54. The van der Waals surface area contributed by atoms with Gasteiger partial charge in [0.1, 0.15) is 5.75 Å². The molecule has 0 unspecified atom stereocenters. The normalized spacial score (nSPS) is 15.7. The number of hydrogen-bond donors (Lipinski definition) is 2. The number of carbonyl (C=O) groups excluding carboxylic acids is 1. The summed E-state index contributed by atoms with van der Waals surface area (Å²) in [7, 11) is 1.68. The van der Waals surface area contributed by atoms with Gasteiger partial charge in [-0.25, -0.2) is 0 Å². The van der Waals surface area contributed by atoms with Gasteiger partial charge in [-0.1, -0.05) is 18.2 Å². The fraction of sp³-hybridized carbons (Fsp3) is 0.588. The number of hydrogen-bond acceptors (Lipinski definition) is 3. The highest BCUT2D eigenvalue weighted by molar-refractivity contribution is 5.75. The van der Waals surface area contributed by atoms with Crippen LogP contribution in [0.1, 0.15) is 31.2 Å². The molecule has 4 nitrogen and oxygen atoms in total. The minimum Gasteiger partial charge on any atom is -0.496 e. The molecule has 1 aromatic carbocycles. The molecule has 116 valence electrons. The maximum Gasteiger partial charge on any atom is 0.220 e. The summed E-state index contributed by atoms with van der Waals surface area (Å²) in [6, 6.07) is 7.95. The zero-order valence-electron chi connectivity index (χ0n) is 12.9. The summed E-state index contributed by atoms with van der Waals surface area (Å²) in [5.74, 6) is 1.77. The second-order valence-corrected chi connectivity index (χ2v) is 5.64. The Hall–Kier alpha value is -1.55. The maximum atomic E-state index is 11.9. The van der Waals surface area contributed by atoms with Crippen molar-refractivity contribution in [3.8, 4) is 5.75 Å². The van der Waals surface area contributed by atoms with Crippen LogP contribution >= 0.6 is 0 Å². The molecule has 0 atom stereocenters. The molecule has 0 aliphatic carbocycles. The van der Waals surface area contributed by atoms with Crippen molar-refractivity contribution in [2.45, 2.75) is 32.1 Å². The Morgan fingerprint density at radius 2 is 2.10 bits per heavy atom. The Balaban J connectivity index is 1.64. The summed E-state index contributed by atoms with van der Waals surface area (Å²) in [5.41, 5.74) is 1.14. The molecule has 0 saturated carbocycles. The first-order valence-corrected chi connectivity index (χ1v) is 7.89. The van der Waals surface area contributed by atoms with E-state index in [4.69, 9.17) is 4.74 Å². The van der Waals surface area contributed by atoms with E-state index in [0.29, 0.717) is 18.9 Å². The highest BCUT2D eigenvalue weighted by atomic mass is 16.5. The molecule has 0 bridgehead atoms. The molecule has 4 heteroatoms. The van der Waals surface area contributed by atoms with Crippen LogP contribution in [0.25, 0.3) is 0 Å². The number of nitrogens with one attached hydrogen (secondary N) is 2. The number of piperidine rings is 1. The van der Waals surface area contributed by atoms with E-state index in [2.05, 4.69) is 10.6 Å². The average molecular weight is 290 g/mol. The third-order valence-electron chi connectivity index (χ3n) is 4.15. The Kier molecular flexibility index (Phi) is 6.54. The summed E-state index contributed by atoms with van der Waals surface area (Å²) < 4.78 is 5.31. The van der Waals surface area contributed by atoms with Gasteiger partial charge in [-0.3, -0.25) is 4.79 Å². The van der Waals surface area contributed by atoms with Gasteiger partial charge in [0.15, 0.2) is 0 Å². The summed E-state index contributed by atoms with van der Waals surface area (Å²) >= 11 is 0. The van der Waals surface area contributed by atoms with Gasteiger partial charge >= 0.3 is 0 Å². The molecule has 0 spiro atoms. The second kappa shape index (κ2) is 8.67. The number of para-hydroxylation sites is 1. The lowest BCUT2D eigenvalue weighted by molar-refractivity contribution is -0.121. The summed E-state index contributed by atoms with van der Waals surface area (Å²) in [4.78, 5) is 11.9. The van der Waals surface area contributed by atoms with Crippen LogP contribution in [0.5, 0.6) is 5.75 Å². The van der Waals surface area contributed by atoms with Crippen LogP contribution in [-0.4, -0.2) is 32.7 Å². The fourth-order valence-corrected chi connectivity index (χ4v) is 2.84. The molecule has 1 aliphatic rings. The van der Waals surface area contributed by atoms with E-state index in [9.17, 15) is 4.79 Å². The zero-order valence-corrected chi connectivity index (χ0v) is 12.9. The molecule has 0 radical (unpaired) electrons. The first kappa shape index (κ1) is 15.8. The molecular formula is C17H26N2O2. The van der Waals surface area contributed by atoms with Crippen LogP contribution in [0.2, 0.25) is 0 Å². The number of methoxy groups -OCH3 is 1. The number of benzene rings is 1. The van der Waals surface area contributed by atoms with Gasteiger partial charge in [0, 0.05) is 13.0 Å². The molecule has 1 aliphatic heterocycles. The first-order chi connectivity index (χ1) is 10.3. The van der Waals surface area contributed by atoms with E-state index in [1.807, 2.05) is 24.3 Å². The predicted octanol–water partition coefficient (Wildman–Crippen LogP) is 2.13. The lowest BCUT2D eigenvalue weighted by Crippen LogP contribution is -2.30. The van der Waals surface area contributed by atoms with Gasteiger partial charge in [0.25, 0.3) is 0 Å². The van der Waals surface area contributed by atoms with Gasteiger partial charge in [-0.2, -0.15) is 0 Å². The minimum atomic E-state index is 0.170. The molecule has 1 fully saturated rings. The number of ether oxygens (including phenoxy) is 1. The van der Waals surface area contributed by atoms with Crippen molar-refractivity contribution >= 4 is 5.91 Å². The highest BCUT2D eigenvalue weighted by Crippen LogP contribution is 2.18. The van der Waals surface area contributed by atoms with Gasteiger partial charge in [0.2, 0.25) is 5.91 Å². The van der Waals surface area contributed by atoms with E-state index in [1.165, 1.54) is 12.8 Å². The number of carbonyl (C=O) groups is 1. The van der Waals surface area contributed by atoms with Crippen molar-refractivity contribution < 1.29 is 9.53 Å².